The van der Waals surface area contributed by atoms with Crippen molar-refractivity contribution in [3.63, 3.8) is 0 Å². The molecule has 0 heterocycles. The summed E-state index contributed by atoms with van der Waals surface area (Å²) in [6, 6.07) is 3.65. The first-order valence-electron chi connectivity index (χ1n) is 5.14. The quantitative estimate of drug-likeness (QED) is 0.479. The molecule has 0 bridgehead atoms. The lowest BCUT2D eigenvalue weighted by Gasteiger charge is -2.12. The Morgan fingerprint density at radius 3 is 2.29 bits per heavy atom. The molecule has 0 unspecified atom stereocenters. The van der Waals surface area contributed by atoms with Gasteiger partial charge >= 0.3 is 0 Å². The zero-order valence-electron chi connectivity index (χ0n) is 10.4. The molecule has 1 aromatic rings. The van der Waals surface area contributed by atoms with Gasteiger partial charge in [0.15, 0.2) is 0 Å². The third-order valence-corrected chi connectivity index (χ3v) is 2.46. The fraction of sp³-hybridized carbons (Fsp3) is 0.333. The average Bonchev–Trinajstić information content (AvgIpc) is 2.31. The van der Waals surface area contributed by atoms with Crippen molar-refractivity contribution < 1.29 is 14.7 Å². The van der Waals surface area contributed by atoms with Crippen LogP contribution in [0.15, 0.2) is 17.3 Å². The molecule has 0 aromatic heterocycles. The summed E-state index contributed by atoms with van der Waals surface area (Å²) in [6.07, 6.45) is 0. The first kappa shape index (κ1) is 13.0. The largest absolute Gasteiger partial charge is 0.497 e. The number of nitrogens with one attached hydrogen (secondary N) is 1. The number of carbonyl (C=O) groups excluding carboxylic acids is 1. The van der Waals surface area contributed by atoms with Crippen LogP contribution in [-0.4, -0.2) is 23.9 Å². The fourth-order valence-corrected chi connectivity index (χ4v) is 1.49. The molecule has 1 amide bonds. The second-order valence-corrected chi connectivity index (χ2v) is 3.78. The molecular formula is C12H16N2O3. The van der Waals surface area contributed by atoms with Gasteiger partial charge in [0.1, 0.15) is 11.5 Å². The van der Waals surface area contributed by atoms with Crippen LogP contribution in [0, 0.1) is 13.8 Å². The fourth-order valence-electron chi connectivity index (χ4n) is 1.49. The van der Waals surface area contributed by atoms with E-state index >= 15 is 0 Å². The van der Waals surface area contributed by atoms with E-state index in [1.165, 1.54) is 6.92 Å². The molecule has 5 heteroatoms. The molecule has 92 valence electrons. The van der Waals surface area contributed by atoms with E-state index in [0.717, 1.165) is 16.9 Å². The van der Waals surface area contributed by atoms with Crippen molar-refractivity contribution in [1.29, 1.82) is 0 Å². The van der Waals surface area contributed by atoms with Gasteiger partial charge in [0.25, 0.3) is 5.91 Å². The summed E-state index contributed by atoms with van der Waals surface area (Å²) in [5.74, 6) is 0.314. The topological polar surface area (TPSA) is 70.9 Å². The summed E-state index contributed by atoms with van der Waals surface area (Å²) in [4.78, 5) is 11.6. The van der Waals surface area contributed by atoms with Gasteiger partial charge in [0.2, 0.25) is 0 Å². The Labute approximate surface area is 100 Å². The number of oxime groups is 1. The number of methoxy groups -OCH3 is 1. The molecule has 0 atom stereocenters. The van der Waals surface area contributed by atoms with Crippen molar-refractivity contribution in [3.8, 4) is 5.75 Å². The van der Waals surface area contributed by atoms with Gasteiger partial charge < -0.3 is 15.3 Å². The Morgan fingerprint density at radius 1 is 1.35 bits per heavy atom. The molecule has 0 saturated carbocycles. The van der Waals surface area contributed by atoms with Crippen LogP contribution < -0.4 is 10.1 Å². The number of hydrogen-bond donors (Lipinski definition) is 2. The van der Waals surface area contributed by atoms with Crippen molar-refractivity contribution >= 4 is 17.3 Å². The summed E-state index contributed by atoms with van der Waals surface area (Å²) in [6.45, 7) is 5.18. The minimum atomic E-state index is -0.427. The highest BCUT2D eigenvalue weighted by atomic mass is 16.5. The van der Waals surface area contributed by atoms with Crippen LogP contribution in [0.4, 0.5) is 5.69 Å². The molecule has 5 nitrogen and oxygen atoms in total. The van der Waals surface area contributed by atoms with Crippen molar-refractivity contribution in [2.45, 2.75) is 20.8 Å². The van der Waals surface area contributed by atoms with E-state index in [0.29, 0.717) is 5.69 Å². The number of benzene rings is 1. The molecule has 17 heavy (non-hydrogen) atoms. The van der Waals surface area contributed by atoms with E-state index in [1.54, 1.807) is 7.11 Å². The van der Waals surface area contributed by atoms with Crippen LogP contribution in [0.1, 0.15) is 18.1 Å². The second-order valence-electron chi connectivity index (χ2n) is 3.78. The van der Waals surface area contributed by atoms with Gasteiger partial charge in [-0.3, -0.25) is 4.79 Å². The SMILES string of the molecule is COc1cc(C)c(NC(=O)/C(C)=N/O)c(C)c1. The number of hydrogen-bond acceptors (Lipinski definition) is 4. The van der Waals surface area contributed by atoms with Gasteiger partial charge in [-0.15, -0.1) is 0 Å². The van der Waals surface area contributed by atoms with Gasteiger partial charge in [0, 0.05) is 5.69 Å². The third-order valence-electron chi connectivity index (χ3n) is 2.46. The molecule has 0 saturated heterocycles. The van der Waals surface area contributed by atoms with Crippen molar-refractivity contribution in [2.24, 2.45) is 5.16 Å². The summed E-state index contributed by atoms with van der Waals surface area (Å²) < 4.78 is 5.13. The van der Waals surface area contributed by atoms with E-state index in [1.807, 2.05) is 26.0 Å². The zero-order valence-corrected chi connectivity index (χ0v) is 10.4. The summed E-state index contributed by atoms with van der Waals surface area (Å²) >= 11 is 0. The molecule has 0 aliphatic carbocycles. The molecule has 0 aliphatic rings. The summed E-state index contributed by atoms with van der Waals surface area (Å²) in [5.41, 5.74) is 2.50. The number of anilines is 1. The van der Waals surface area contributed by atoms with Crippen molar-refractivity contribution in [1.82, 2.24) is 0 Å². The van der Waals surface area contributed by atoms with Crippen LogP contribution in [-0.2, 0) is 4.79 Å². The maximum absolute atomic E-state index is 11.6. The van der Waals surface area contributed by atoms with Gasteiger partial charge in [0.05, 0.1) is 7.11 Å². The number of ether oxygens (including phenoxy) is 1. The van der Waals surface area contributed by atoms with E-state index < -0.39 is 5.91 Å². The molecule has 1 rings (SSSR count). The Kier molecular flexibility index (Phi) is 4.09. The maximum Gasteiger partial charge on any atom is 0.273 e. The van der Waals surface area contributed by atoms with Crippen LogP contribution in [0.25, 0.3) is 0 Å². The zero-order chi connectivity index (χ0) is 13.0. The Bertz CT molecular complexity index is 444. The van der Waals surface area contributed by atoms with E-state index in [4.69, 9.17) is 9.94 Å². The normalized spacial score (nSPS) is 11.2. The number of nitrogens with zero attached hydrogens (tertiary/aromatic N) is 1. The maximum atomic E-state index is 11.6. The minimum absolute atomic E-state index is 0.0135. The number of carbonyl (C=O) groups is 1. The third kappa shape index (κ3) is 2.96. The lowest BCUT2D eigenvalue weighted by Crippen LogP contribution is -2.21. The number of rotatable bonds is 3. The summed E-state index contributed by atoms with van der Waals surface area (Å²) in [5, 5.41) is 14.1. The molecule has 0 aliphatic heterocycles. The lowest BCUT2D eigenvalue weighted by atomic mass is 10.1. The van der Waals surface area contributed by atoms with Crippen LogP contribution >= 0.6 is 0 Å². The highest BCUT2D eigenvalue weighted by Gasteiger charge is 2.11. The van der Waals surface area contributed by atoms with Crippen LogP contribution in [0.5, 0.6) is 5.75 Å². The lowest BCUT2D eigenvalue weighted by molar-refractivity contribution is -0.110. The Morgan fingerprint density at radius 2 is 1.88 bits per heavy atom. The average molecular weight is 236 g/mol. The first-order valence-corrected chi connectivity index (χ1v) is 5.14. The van der Waals surface area contributed by atoms with Gasteiger partial charge in [-0.1, -0.05) is 5.16 Å². The van der Waals surface area contributed by atoms with E-state index in [-0.39, 0.29) is 5.71 Å². The standard InChI is InChI=1S/C12H16N2O3/c1-7-5-10(17-4)6-8(2)11(7)13-12(15)9(3)14-16/h5-6,16H,1-4H3,(H,13,15)/b14-9+. The minimum Gasteiger partial charge on any atom is -0.497 e. The number of amides is 1. The predicted octanol–water partition coefficient (Wildman–Crippen LogP) is 2.10. The molecule has 0 spiro atoms. The highest BCUT2D eigenvalue weighted by Crippen LogP contribution is 2.26. The van der Waals surface area contributed by atoms with Gasteiger partial charge in [-0.2, -0.15) is 0 Å². The molecule has 0 fully saturated rings. The molecular weight excluding hydrogens is 220 g/mol. The molecule has 2 N–H and O–H groups in total. The van der Waals surface area contributed by atoms with Crippen molar-refractivity contribution in [2.75, 3.05) is 12.4 Å². The monoisotopic (exact) mass is 236 g/mol. The predicted molar refractivity (Wildman–Crippen MR) is 66.0 cm³/mol. The first-order chi connectivity index (χ1) is 7.99. The van der Waals surface area contributed by atoms with Gasteiger partial charge in [-0.25, -0.2) is 0 Å². The summed E-state index contributed by atoms with van der Waals surface area (Å²) in [7, 11) is 1.59. The molecule has 0 radical (unpaired) electrons. The van der Waals surface area contributed by atoms with E-state index in [9.17, 15) is 4.79 Å². The van der Waals surface area contributed by atoms with E-state index in [2.05, 4.69) is 10.5 Å². The second kappa shape index (κ2) is 5.34. The molecule has 1 aromatic carbocycles. The van der Waals surface area contributed by atoms with Gasteiger partial charge in [-0.05, 0) is 44.0 Å². The Balaban J connectivity index is 3.04. The van der Waals surface area contributed by atoms with Crippen molar-refractivity contribution in [3.05, 3.63) is 23.3 Å². The smallest absolute Gasteiger partial charge is 0.273 e. The highest BCUT2D eigenvalue weighted by molar-refractivity contribution is 6.42. The van der Waals surface area contributed by atoms with Crippen LogP contribution in [0.3, 0.4) is 0 Å². The van der Waals surface area contributed by atoms with Crippen LogP contribution in [0.2, 0.25) is 0 Å². The Hall–Kier alpha value is -2.04. The number of aryl methyl sites for hydroxylation is 2.